The highest BCUT2D eigenvalue weighted by molar-refractivity contribution is 14.1. The van der Waals surface area contributed by atoms with Gasteiger partial charge in [0.2, 0.25) is 0 Å². The second-order valence-electron chi connectivity index (χ2n) is 2.71. The van der Waals surface area contributed by atoms with Crippen LogP contribution in [0.4, 0.5) is 4.39 Å². The highest BCUT2D eigenvalue weighted by Gasteiger charge is 2.09. The summed E-state index contributed by atoms with van der Waals surface area (Å²) in [6.45, 7) is -0.452. The van der Waals surface area contributed by atoms with Gasteiger partial charge in [0.05, 0.1) is 0 Å². The summed E-state index contributed by atoms with van der Waals surface area (Å²) in [7, 11) is 0. The van der Waals surface area contributed by atoms with Crippen LogP contribution < -0.4 is 5.32 Å². The highest BCUT2D eigenvalue weighted by Crippen LogP contribution is 2.12. The first-order valence-electron chi connectivity index (χ1n) is 3.95. The van der Waals surface area contributed by atoms with E-state index in [1.807, 2.05) is 0 Å². The molecule has 1 aromatic carbocycles. The van der Waals surface area contributed by atoms with Gasteiger partial charge in [-0.2, -0.15) is 0 Å². The lowest BCUT2D eigenvalue weighted by Crippen LogP contribution is -2.29. The van der Waals surface area contributed by atoms with Crippen LogP contribution in [-0.4, -0.2) is 23.5 Å². The Labute approximate surface area is 98.6 Å². The maximum atomic E-state index is 12.8. The number of benzene rings is 1. The molecule has 0 radical (unpaired) electrons. The number of carboxylic acid groups (broad SMARTS) is 1. The molecule has 0 aliphatic heterocycles. The van der Waals surface area contributed by atoms with Gasteiger partial charge in [-0.05, 0) is 40.8 Å². The van der Waals surface area contributed by atoms with Gasteiger partial charge < -0.3 is 10.4 Å². The zero-order valence-electron chi connectivity index (χ0n) is 7.46. The van der Waals surface area contributed by atoms with Crippen LogP contribution in [0, 0.1) is 9.39 Å². The number of halogens is 2. The molecule has 0 fully saturated rings. The summed E-state index contributed by atoms with van der Waals surface area (Å²) in [6, 6.07) is 3.82. The molecule has 0 aromatic heterocycles. The second-order valence-corrected chi connectivity index (χ2v) is 3.87. The van der Waals surface area contributed by atoms with Crippen molar-refractivity contribution < 1.29 is 19.1 Å². The Hall–Kier alpha value is -1.18. The minimum absolute atomic E-state index is 0.238. The van der Waals surface area contributed by atoms with Crippen LogP contribution in [0.25, 0.3) is 0 Å². The van der Waals surface area contributed by atoms with Gasteiger partial charge in [0.15, 0.2) is 0 Å². The summed E-state index contributed by atoms with van der Waals surface area (Å²) in [6.07, 6.45) is 0. The normalized spacial score (nSPS) is 9.73. The molecule has 6 heteroatoms. The van der Waals surface area contributed by atoms with Gasteiger partial charge in [-0.25, -0.2) is 4.39 Å². The molecule has 0 bridgehead atoms. The van der Waals surface area contributed by atoms with Gasteiger partial charge in [0.1, 0.15) is 12.4 Å². The maximum absolute atomic E-state index is 12.8. The predicted octanol–water partition coefficient (Wildman–Crippen LogP) is 1.24. The molecule has 0 spiro atoms. The number of amides is 1. The van der Waals surface area contributed by atoms with Crippen molar-refractivity contribution in [3.63, 3.8) is 0 Å². The maximum Gasteiger partial charge on any atom is 0.322 e. The molecule has 0 saturated heterocycles. The van der Waals surface area contributed by atoms with E-state index in [9.17, 15) is 14.0 Å². The van der Waals surface area contributed by atoms with E-state index in [2.05, 4.69) is 5.32 Å². The van der Waals surface area contributed by atoms with Gasteiger partial charge >= 0.3 is 5.97 Å². The van der Waals surface area contributed by atoms with E-state index in [1.54, 1.807) is 22.6 Å². The monoisotopic (exact) mass is 323 g/mol. The second kappa shape index (κ2) is 5.06. The van der Waals surface area contributed by atoms with Gasteiger partial charge in [0, 0.05) is 9.13 Å². The van der Waals surface area contributed by atoms with Crippen molar-refractivity contribution in [2.75, 3.05) is 6.54 Å². The molecule has 0 aliphatic rings. The van der Waals surface area contributed by atoms with Crippen LogP contribution in [-0.2, 0) is 4.79 Å². The number of hydrogen-bond acceptors (Lipinski definition) is 2. The smallest absolute Gasteiger partial charge is 0.322 e. The summed E-state index contributed by atoms with van der Waals surface area (Å²) < 4.78 is 13.2. The van der Waals surface area contributed by atoms with Gasteiger partial charge in [0.25, 0.3) is 5.91 Å². The number of carbonyl (C=O) groups excluding carboxylic acids is 1. The SMILES string of the molecule is O=C(O)CNC(=O)c1ccc(F)c(I)c1. The van der Waals surface area contributed by atoms with Crippen LogP contribution in [0.3, 0.4) is 0 Å². The van der Waals surface area contributed by atoms with Crippen molar-refractivity contribution in [1.82, 2.24) is 5.32 Å². The Balaban J connectivity index is 2.74. The molecule has 80 valence electrons. The summed E-state index contributed by atoms with van der Waals surface area (Å²) in [5.41, 5.74) is 0.238. The summed E-state index contributed by atoms with van der Waals surface area (Å²) >= 11 is 1.75. The Kier molecular flexibility index (Phi) is 4.01. The summed E-state index contributed by atoms with van der Waals surface area (Å²) in [5, 5.41) is 10.5. The summed E-state index contributed by atoms with van der Waals surface area (Å²) in [4.78, 5) is 21.5. The first kappa shape index (κ1) is 11.9. The van der Waals surface area contributed by atoms with Crippen molar-refractivity contribution in [2.45, 2.75) is 0 Å². The number of nitrogens with one attached hydrogen (secondary N) is 1. The fourth-order valence-corrected chi connectivity index (χ4v) is 1.41. The quantitative estimate of drug-likeness (QED) is 0.823. The third-order valence-corrected chi connectivity index (χ3v) is 2.41. The third kappa shape index (κ3) is 3.46. The van der Waals surface area contributed by atoms with Gasteiger partial charge in [-0.3, -0.25) is 9.59 Å². The van der Waals surface area contributed by atoms with E-state index in [0.29, 0.717) is 3.57 Å². The Morgan fingerprint density at radius 2 is 2.13 bits per heavy atom. The lowest BCUT2D eigenvalue weighted by atomic mass is 10.2. The number of hydrogen-bond donors (Lipinski definition) is 2. The molecule has 0 unspecified atom stereocenters. The fraction of sp³-hybridized carbons (Fsp3) is 0.111. The van der Waals surface area contributed by atoms with Crippen LogP contribution in [0.2, 0.25) is 0 Å². The minimum atomic E-state index is -1.12. The van der Waals surface area contributed by atoms with Crippen LogP contribution >= 0.6 is 22.6 Å². The molecule has 0 saturated carbocycles. The van der Waals surface area contributed by atoms with Crippen LogP contribution in [0.1, 0.15) is 10.4 Å². The fourth-order valence-electron chi connectivity index (χ4n) is 0.895. The van der Waals surface area contributed by atoms with Crippen LogP contribution in [0.5, 0.6) is 0 Å². The number of aliphatic carboxylic acids is 1. The first-order valence-corrected chi connectivity index (χ1v) is 5.03. The highest BCUT2D eigenvalue weighted by atomic mass is 127. The molecular formula is C9H7FINO3. The first-order chi connectivity index (χ1) is 7.00. The predicted molar refractivity (Wildman–Crippen MR) is 59.1 cm³/mol. The van der Waals surface area contributed by atoms with E-state index >= 15 is 0 Å². The third-order valence-electron chi connectivity index (χ3n) is 1.58. The van der Waals surface area contributed by atoms with Crippen molar-refractivity contribution in [2.24, 2.45) is 0 Å². The van der Waals surface area contributed by atoms with Crippen molar-refractivity contribution in [3.8, 4) is 0 Å². The standard InChI is InChI=1S/C9H7FINO3/c10-6-2-1-5(3-7(6)11)9(15)12-4-8(13)14/h1-3H,4H2,(H,12,15)(H,13,14). The zero-order chi connectivity index (χ0) is 11.4. The molecule has 0 heterocycles. The molecule has 15 heavy (non-hydrogen) atoms. The number of rotatable bonds is 3. The molecular weight excluding hydrogens is 316 g/mol. The van der Waals surface area contributed by atoms with E-state index in [-0.39, 0.29) is 5.56 Å². The van der Waals surface area contributed by atoms with E-state index in [4.69, 9.17) is 5.11 Å². The molecule has 4 nitrogen and oxygen atoms in total. The lowest BCUT2D eigenvalue weighted by molar-refractivity contribution is -0.135. The van der Waals surface area contributed by atoms with E-state index in [0.717, 1.165) is 6.07 Å². The molecule has 2 N–H and O–H groups in total. The Bertz CT molecular complexity index is 408. The minimum Gasteiger partial charge on any atom is -0.480 e. The largest absolute Gasteiger partial charge is 0.480 e. The van der Waals surface area contributed by atoms with E-state index < -0.39 is 24.2 Å². The molecule has 1 rings (SSSR count). The zero-order valence-corrected chi connectivity index (χ0v) is 9.62. The van der Waals surface area contributed by atoms with Crippen molar-refractivity contribution >= 4 is 34.5 Å². The Morgan fingerprint density at radius 1 is 1.47 bits per heavy atom. The van der Waals surface area contributed by atoms with Gasteiger partial charge in [-0.15, -0.1) is 0 Å². The average Bonchev–Trinajstić information content (AvgIpc) is 2.18. The average molecular weight is 323 g/mol. The van der Waals surface area contributed by atoms with E-state index in [1.165, 1.54) is 12.1 Å². The topological polar surface area (TPSA) is 66.4 Å². The summed E-state index contributed by atoms with van der Waals surface area (Å²) in [5.74, 6) is -2.07. The molecule has 0 atom stereocenters. The van der Waals surface area contributed by atoms with Crippen molar-refractivity contribution in [3.05, 3.63) is 33.1 Å². The van der Waals surface area contributed by atoms with Gasteiger partial charge in [-0.1, -0.05) is 0 Å². The van der Waals surface area contributed by atoms with Crippen LogP contribution in [0.15, 0.2) is 18.2 Å². The Morgan fingerprint density at radius 3 is 2.67 bits per heavy atom. The van der Waals surface area contributed by atoms with Crippen molar-refractivity contribution in [1.29, 1.82) is 0 Å². The number of carboxylic acids is 1. The molecule has 1 aromatic rings. The lowest BCUT2D eigenvalue weighted by Gasteiger charge is -2.03. The number of carbonyl (C=O) groups is 2. The molecule has 1 amide bonds. The molecule has 0 aliphatic carbocycles.